The Hall–Kier alpha value is -2.74. The summed E-state index contributed by atoms with van der Waals surface area (Å²) in [4.78, 5) is 31.2. The molecule has 5 N–H and O–H groups in total. The highest BCUT2D eigenvalue weighted by Gasteiger charge is 2.18. The van der Waals surface area contributed by atoms with Gasteiger partial charge in [-0.25, -0.2) is 4.98 Å². The fourth-order valence-corrected chi connectivity index (χ4v) is 2.94. The largest absolute Gasteiger partial charge is 0.398 e. The number of anilines is 2. The summed E-state index contributed by atoms with van der Waals surface area (Å²) in [6.07, 6.45) is 2.61. The molecule has 0 atom stereocenters. The number of aromatic amines is 1. The van der Waals surface area contributed by atoms with Crippen LogP contribution in [-0.4, -0.2) is 28.7 Å². The zero-order valence-electron chi connectivity index (χ0n) is 13.1. The second kappa shape index (κ2) is 6.40. The minimum absolute atomic E-state index is 0.105. The Morgan fingerprint density at radius 2 is 2.21 bits per heavy atom. The van der Waals surface area contributed by atoms with Crippen LogP contribution in [0.2, 0.25) is 0 Å². The van der Waals surface area contributed by atoms with Crippen LogP contribution in [0.15, 0.2) is 34.7 Å². The molecule has 7 nitrogen and oxygen atoms in total. The van der Waals surface area contributed by atoms with Gasteiger partial charge in [-0.1, -0.05) is 24.4 Å². The molecular formula is C16H17N5O2S. The van der Waals surface area contributed by atoms with Crippen LogP contribution in [0.4, 0.5) is 11.5 Å². The molecule has 0 bridgehead atoms. The molecule has 0 radical (unpaired) electrons. The molecule has 0 unspecified atom stereocenters. The Kier molecular flexibility index (Phi) is 4.30. The number of rotatable bonds is 4. The van der Waals surface area contributed by atoms with Crippen molar-refractivity contribution in [2.75, 3.05) is 18.1 Å². The fraction of sp³-hybridized carbons (Fsp3) is 0.188. The van der Waals surface area contributed by atoms with E-state index in [4.69, 9.17) is 5.73 Å². The molecule has 24 heavy (non-hydrogen) atoms. The molecule has 1 amide bonds. The van der Waals surface area contributed by atoms with E-state index in [9.17, 15) is 9.59 Å². The third-order valence-electron chi connectivity index (χ3n) is 3.71. The quantitative estimate of drug-likeness (QED) is 0.494. The van der Waals surface area contributed by atoms with Crippen LogP contribution in [0.25, 0.3) is 5.70 Å². The topological polar surface area (TPSA) is 113 Å². The Morgan fingerprint density at radius 3 is 2.92 bits per heavy atom. The fourth-order valence-electron chi connectivity index (χ4n) is 2.56. The van der Waals surface area contributed by atoms with Crippen LogP contribution in [0.5, 0.6) is 0 Å². The number of hydrogen-bond acceptors (Lipinski definition) is 6. The molecule has 0 saturated carbocycles. The summed E-state index contributed by atoms with van der Waals surface area (Å²) in [6.45, 7) is 4.27. The molecule has 0 aliphatic carbocycles. The van der Waals surface area contributed by atoms with Gasteiger partial charge in [0.05, 0.1) is 0 Å². The first-order valence-electron chi connectivity index (χ1n) is 7.31. The molecule has 2 aromatic rings. The summed E-state index contributed by atoms with van der Waals surface area (Å²) in [5, 5.41) is 6.35. The molecule has 124 valence electrons. The van der Waals surface area contributed by atoms with Crippen molar-refractivity contribution in [1.82, 2.24) is 15.3 Å². The number of nitrogens with zero attached hydrogens (tertiary/aromatic N) is 1. The van der Waals surface area contributed by atoms with Gasteiger partial charge in [0.25, 0.3) is 11.5 Å². The number of H-pyrrole nitrogens is 1. The predicted octanol–water partition coefficient (Wildman–Crippen LogP) is 1.45. The van der Waals surface area contributed by atoms with Crippen molar-refractivity contribution in [2.45, 2.75) is 11.6 Å². The van der Waals surface area contributed by atoms with Crippen molar-refractivity contribution in [3.05, 3.63) is 51.8 Å². The first-order chi connectivity index (χ1) is 11.5. The Morgan fingerprint density at radius 1 is 1.42 bits per heavy atom. The Labute approximate surface area is 142 Å². The minimum atomic E-state index is -0.361. The normalized spacial score (nSPS) is 13.1. The van der Waals surface area contributed by atoms with E-state index < -0.39 is 0 Å². The second-order valence-corrected chi connectivity index (χ2v) is 6.12. The highest BCUT2D eigenvalue weighted by Crippen LogP contribution is 2.24. The van der Waals surface area contributed by atoms with Crippen LogP contribution in [0.3, 0.4) is 0 Å². The maximum Gasteiger partial charge on any atom is 0.263 e. The van der Waals surface area contributed by atoms with Crippen molar-refractivity contribution in [2.24, 2.45) is 5.73 Å². The first-order valence-corrected chi connectivity index (χ1v) is 8.53. The average Bonchev–Trinajstić information content (AvgIpc) is 2.54. The zero-order valence-corrected chi connectivity index (χ0v) is 13.9. The summed E-state index contributed by atoms with van der Waals surface area (Å²) >= 11 is 1.31. The Balaban J connectivity index is 2.04. The average molecular weight is 343 g/mol. The third-order valence-corrected chi connectivity index (χ3v) is 4.29. The lowest BCUT2D eigenvalue weighted by molar-refractivity contribution is 0.0946. The highest BCUT2D eigenvalue weighted by atomic mass is 32.2. The highest BCUT2D eigenvalue weighted by molar-refractivity contribution is 7.98. The number of thioether (sulfide) groups is 1. The summed E-state index contributed by atoms with van der Waals surface area (Å²) in [5.74, 6) is 0.207. The van der Waals surface area contributed by atoms with Crippen molar-refractivity contribution in [3.8, 4) is 0 Å². The van der Waals surface area contributed by atoms with E-state index in [-0.39, 0.29) is 22.7 Å². The molecule has 0 fully saturated rings. The van der Waals surface area contributed by atoms with Gasteiger partial charge in [-0.15, -0.1) is 0 Å². The summed E-state index contributed by atoms with van der Waals surface area (Å²) in [5.41, 5.74) is 7.94. The van der Waals surface area contributed by atoms with Crippen molar-refractivity contribution in [1.29, 1.82) is 0 Å². The number of aromatic nitrogens is 2. The molecule has 0 spiro atoms. The molecular weight excluding hydrogens is 326 g/mol. The summed E-state index contributed by atoms with van der Waals surface area (Å²) in [7, 11) is 0. The van der Waals surface area contributed by atoms with E-state index in [1.807, 2.05) is 18.4 Å². The molecule has 8 heteroatoms. The second-order valence-electron chi connectivity index (χ2n) is 5.33. The van der Waals surface area contributed by atoms with Gasteiger partial charge >= 0.3 is 0 Å². The molecule has 1 aliphatic heterocycles. The maximum atomic E-state index is 12.2. The van der Waals surface area contributed by atoms with E-state index in [0.717, 1.165) is 12.0 Å². The minimum Gasteiger partial charge on any atom is -0.398 e. The monoisotopic (exact) mass is 343 g/mol. The van der Waals surface area contributed by atoms with Gasteiger partial charge in [0.1, 0.15) is 11.4 Å². The van der Waals surface area contributed by atoms with Crippen molar-refractivity contribution in [3.63, 3.8) is 0 Å². The standard InChI is InChI=1S/C16H17N5O2S/c1-8(17)12-13(20-16(24-2)21-15(12)23)19-10-4-3-9-5-6-18-14(22)11(9)7-10/h3-4,7H,1,5-6,17H2,2H3,(H,18,22)(H2,19,20,21,23). The first kappa shape index (κ1) is 16.1. The van der Waals surface area contributed by atoms with Gasteiger partial charge < -0.3 is 21.4 Å². The molecule has 2 heterocycles. The number of carbonyl (C=O) groups excluding carboxylic acids is 1. The number of fused-ring (bicyclic) bond motifs is 1. The van der Waals surface area contributed by atoms with E-state index in [1.54, 1.807) is 6.07 Å². The van der Waals surface area contributed by atoms with Crippen molar-refractivity contribution < 1.29 is 4.79 Å². The van der Waals surface area contributed by atoms with E-state index in [0.29, 0.717) is 28.8 Å². The summed E-state index contributed by atoms with van der Waals surface area (Å²) < 4.78 is 0. The number of benzene rings is 1. The van der Waals surface area contributed by atoms with Gasteiger partial charge in [0.15, 0.2) is 5.16 Å². The smallest absolute Gasteiger partial charge is 0.263 e. The molecule has 3 rings (SSSR count). The van der Waals surface area contributed by atoms with Crippen molar-refractivity contribution >= 4 is 34.9 Å². The van der Waals surface area contributed by atoms with Gasteiger partial charge in [-0.05, 0) is 30.4 Å². The van der Waals surface area contributed by atoms with Crippen LogP contribution < -0.4 is 21.9 Å². The van der Waals surface area contributed by atoms with Crippen LogP contribution in [0, 0.1) is 0 Å². The van der Waals surface area contributed by atoms with E-state index in [1.165, 1.54) is 11.8 Å². The van der Waals surface area contributed by atoms with Gasteiger partial charge in [-0.2, -0.15) is 0 Å². The zero-order chi connectivity index (χ0) is 17.3. The van der Waals surface area contributed by atoms with E-state index in [2.05, 4.69) is 27.2 Å². The number of amides is 1. The van der Waals surface area contributed by atoms with E-state index >= 15 is 0 Å². The lowest BCUT2D eigenvalue weighted by Gasteiger charge is -2.18. The summed E-state index contributed by atoms with van der Waals surface area (Å²) in [6, 6.07) is 5.49. The van der Waals surface area contributed by atoms with Crippen LogP contribution >= 0.6 is 11.8 Å². The van der Waals surface area contributed by atoms with Crippen LogP contribution in [0.1, 0.15) is 21.5 Å². The lowest BCUT2D eigenvalue weighted by atomic mass is 10.00. The molecule has 1 aromatic carbocycles. The molecule has 1 aromatic heterocycles. The maximum absolute atomic E-state index is 12.2. The van der Waals surface area contributed by atoms with Crippen LogP contribution in [-0.2, 0) is 6.42 Å². The number of carbonyl (C=O) groups is 1. The lowest BCUT2D eigenvalue weighted by Crippen LogP contribution is -2.31. The van der Waals surface area contributed by atoms with Gasteiger partial charge in [-0.3, -0.25) is 9.59 Å². The number of hydrogen-bond donors (Lipinski definition) is 4. The van der Waals surface area contributed by atoms with Gasteiger partial charge in [0.2, 0.25) is 0 Å². The predicted molar refractivity (Wildman–Crippen MR) is 95.6 cm³/mol. The number of nitrogens with two attached hydrogens (primary N) is 1. The SMILES string of the molecule is C=C(N)c1c(Nc2ccc3c(c2)C(=O)NCC3)nc(SC)[nH]c1=O. The number of nitrogens with one attached hydrogen (secondary N) is 3. The third kappa shape index (κ3) is 3.00. The molecule has 1 aliphatic rings. The molecule has 0 saturated heterocycles. The Bertz CT molecular complexity index is 891. The van der Waals surface area contributed by atoms with Gasteiger partial charge in [0, 0.05) is 23.5 Å².